The van der Waals surface area contributed by atoms with E-state index >= 15 is 0 Å². The molecule has 0 atom stereocenters. The molecule has 0 unspecified atom stereocenters. The van der Waals surface area contributed by atoms with Gasteiger partial charge in [0.15, 0.2) is 34.7 Å². The van der Waals surface area contributed by atoms with Crippen LogP contribution in [0.5, 0.6) is 17.2 Å². The van der Waals surface area contributed by atoms with E-state index in [0.717, 1.165) is 50.9 Å². The molecule has 0 spiro atoms. The third kappa shape index (κ3) is 6.00. The second kappa shape index (κ2) is 11.5. The van der Waals surface area contributed by atoms with Gasteiger partial charge in [-0.25, -0.2) is 18.7 Å². The van der Waals surface area contributed by atoms with Crippen molar-refractivity contribution in [3.63, 3.8) is 0 Å². The Balaban J connectivity index is 1.34. The third-order valence-corrected chi connectivity index (χ3v) is 6.17. The lowest BCUT2D eigenvalue weighted by Gasteiger charge is -2.32. The van der Waals surface area contributed by atoms with Gasteiger partial charge in [-0.2, -0.15) is 5.10 Å². The summed E-state index contributed by atoms with van der Waals surface area (Å²) in [5.41, 5.74) is 0.792. The number of hydrogen-bond acceptors (Lipinski definition) is 9. The van der Waals surface area contributed by atoms with Gasteiger partial charge in [0.25, 0.3) is 0 Å². The lowest BCUT2D eigenvalue weighted by atomic mass is 10.1. The first-order chi connectivity index (χ1) is 17.4. The van der Waals surface area contributed by atoms with Gasteiger partial charge in [-0.1, -0.05) is 0 Å². The molecule has 0 bridgehead atoms. The van der Waals surface area contributed by atoms with Crippen LogP contribution in [0.15, 0.2) is 24.5 Å². The van der Waals surface area contributed by atoms with E-state index in [4.69, 9.17) is 14.2 Å². The second-order valence-electron chi connectivity index (χ2n) is 8.58. The topological polar surface area (TPSA) is 89.8 Å². The largest absolute Gasteiger partial charge is 0.494 e. The van der Waals surface area contributed by atoms with Gasteiger partial charge in [-0.3, -0.25) is 4.68 Å². The number of aromatic nitrogens is 4. The van der Waals surface area contributed by atoms with Crippen LogP contribution in [0.1, 0.15) is 11.3 Å². The highest BCUT2D eigenvalue weighted by Gasteiger charge is 2.21. The molecule has 36 heavy (non-hydrogen) atoms. The van der Waals surface area contributed by atoms with Crippen LogP contribution in [0.3, 0.4) is 0 Å². The van der Waals surface area contributed by atoms with Gasteiger partial charge < -0.3 is 29.3 Å². The SMILES string of the molecule is COc1cc(OC)c(F)c(COc2cnc(Nc3cc(CCN4CCN(C)CC4)n(C)n3)nc2)c1F. The maximum atomic E-state index is 14.5. The highest BCUT2D eigenvalue weighted by atomic mass is 19.1. The summed E-state index contributed by atoms with van der Waals surface area (Å²) < 4.78 is 46.3. The molecule has 194 valence electrons. The Hall–Kier alpha value is -3.51. The van der Waals surface area contributed by atoms with E-state index in [0.29, 0.717) is 11.8 Å². The fourth-order valence-electron chi connectivity index (χ4n) is 3.93. The molecule has 1 N–H and O–H groups in total. The molecule has 0 amide bonds. The molecule has 10 nitrogen and oxygen atoms in total. The van der Waals surface area contributed by atoms with Crippen molar-refractivity contribution in [2.24, 2.45) is 7.05 Å². The predicted molar refractivity (Wildman–Crippen MR) is 130 cm³/mol. The van der Waals surface area contributed by atoms with Gasteiger partial charge in [0.1, 0.15) is 6.61 Å². The van der Waals surface area contributed by atoms with Crippen LogP contribution < -0.4 is 19.5 Å². The Labute approximate surface area is 208 Å². The molecular weight excluding hydrogens is 472 g/mol. The van der Waals surface area contributed by atoms with Crippen molar-refractivity contribution in [1.29, 1.82) is 0 Å². The van der Waals surface area contributed by atoms with E-state index in [1.165, 1.54) is 26.6 Å². The molecule has 1 aliphatic heterocycles. The monoisotopic (exact) mass is 503 g/mol. The minimum Gasteiger partial charge on any atom is -0.494 e. The van der Waals surface area contributed by atoms with Crippen molar-refractivity contribution in [1.82, 2.24) is 29.5 Å². The average molecular weight is 504 g/mol. The van der Waals surface area contributed by atoms with Crippen molar-refractivity contribution in [3.05, 3.63) is 47.4 Å². The molecule has 1 aliphatic rings. The summed E-state index contributed by atoms with van der Waals surface area (Å²) in [7, 11) is 6.64. The molecule has 2 aromatic heterocycles. The summed E-state index contributed by atoms with van der Waals surface area (Å²) >= 11 is 0. The average Bonchev–Trinajstić information content (AvgIpc) is 3.23. The number of ether oxygens (including phenoxy) is 3. The van der Waals surface area contributed by atoms with Crippen molar-refractivity contribution in [2.75, 3.05) is 59.3 Å². The summed E-state index contributed by atoms with van der Waals surface area (Å²) in [5, 5.41) is 7.57. The fourth-order valence-corrected chi connectivity index (χ4v) is 3.93. The van der Waals surface area contributed by atoms with Gasteiger partial charge in [0.2, 0.25) is 5.95 Å². The zero-order valence-electron chi connectivity index (χ0n) is 20.9. The maximum Gasteiger partial charge on any atom is 0.228 e. The van der Waals surface area contributed by atoms with Gasteiger partial charge >= 0.3 is 0 Å². The van der Waals surface area contributed by atoms with Gasteiger partial charge in [-0.05, 0) is 7.05 Å². The highest BCUT2D eigenvalue weighted by Crippen LogP contribution is 2.32. The molecule has 4 rings (SSSR count). The van der Waals surface area contributed by atoms with E-state index in [1.807, 2.05) is 17.8 Å². The van der Waals surface area contributed by atoms with Crippen LogP contribution in [0.25, 0.3) is 0 Å². The Morgan fingerprint density at radius 3 is 2.19 bits per heavy atom. The number of piperazine rings is 1. The summed E-state index contributed by atoms with van der Waals surface area (Å²) in [6.07, 6.45) is 3.73. The molecular formula is C24H31F2N7O3. The molecule has 3 heterocycles. The highest BCUT2D eigenvalue weighted by molar-refractivity contribution is 5.48. The van der Waals surface area contributed by atoms with Crippen LogP contribution in [0.4, 0.5) is 20.5 Å². The van der Waals surface area contributed by atoms with E-state index in [1.54, 1.807) is 0 Å². The number of nitrogens with one attached hydrogen (secondary N) is 1. The van der Waals surface area contributed by atoms with Gasteiger partial charge in [0, 0.05) is 64.0 Å². The number of anilines is 2. The minimum absolute atomic E-state index is 0.138. The zero-order chi connectivity index (χ0) is 25.7. The van der Waals surface area contributed by atoms with Crippen molar-refractivity contribution < 1.29 is 23.0 Å². The molecule has 12 heteroatoms. The lowest BCUT2D eigenvalue weighted by Crippen LogP contribution is -2.45. The smallest absolute Gasteiger partial charge is 0.228 e. The minimum atomic E-state index is -0.853. The molecule has 0 radical (unpaired) electrons. The quantitative estimate of drug-likeness (QED) is 0.448. The van der Waals surface area contributed by atoms with Crippen LogP contribution in [0, 0.1) is 11.6 Å². The number of halogens is 2. The summed E-state index contributed by atoms with van der Waals surface area (Å²) in [6.45, 7) is 4.92. The number of benzene rings is 1. The van der Waals surface area contributed by atoms with E-state index in [9.17, 15) is 8.78 Å². The summed E-state index contributed by atoms with van der Waals surface area (Å²) in [4.78, 5) is 13.2. The lowest BCUT2D eigenvalue weighted by molar-refractivity contribution is 0.155. The zero-order valence-corrected chi connectivity index (χ0v) is 20.9. The maximum absolute atomic E-state index is 14.5. The van der Waals surface area contributed by atoms with Crippen molar-refractivity contribution in [3.8, 4) is 17.2 Å². The first-order valence-electron chi connectivity index (χ1n) is 11.6. The van der Waals surface area contributed by atoms with Crippen molar-refractivity contribution in [2.45, 2.75) is 13.0 Å². The Bertz CT molecular complexity index is 1140. The van der Waals surface area contributed by atoms with Crippen LogP contribution in [-0.4, -0.2) is 83.5 Å². The number of aryl methyl sites for hydroxylation is 1. The second-order valence-corrected chi connectivity index (χ2v) is 8.58. The van der Waals surface area contributed by atoms with Crippen LogP contribution in [0.2, 0.25) is 0 Å². The number of rotatable bonds is 10. The molecule has 3 aromatic rings. The summed E-state index contributed by atoms with van der Waals surface area (Å²) in [5.74, 6) is -0.780. The molecule has 1 aromatic carbocycles. The number of nitrogens with zero attached hydrogens (tertiary/aromatic N) is 6. The summed E-state index contributed by atoms with van der Waals surface area (Å²) in [6, 6.07) is 3.12. The van der Waals surface area contributed by atoms with Gasteiger partial charge in [0.05, 0.1) is 32.2 Å². The standard InChI is InChI=1S/C24H31F2N7O3/c1-31-7-9-33(10-8-31)6-5-16-11-21(30-32(16)2)29-24-27-13-17(14-28-24)36-15-18-22(25)19(34-3)12-20(35-4)23(18)26/h11-14H,5-10,15H2,1-4H3,(H,27,28,29,30). The van der Waals surface area contributed by atoms with Crippen LogP contribution >= 0.6 is 0 Å². The normalized spacial score (nSPS) is 14.6. The Kier molecular flexibility index (Phi) is 8.16. The third-order valence-electron chi connectivity index (χ3n) is 6.17. The number of methoxy groups -OCH3 is 2. The Morgan fingerprint density at radius 1 is 0.944 bits per heavy atom. The number of hydrogen-bond donors (Lipinski definition) is 1. The van der Waals surface area contributed by atoms with E-state index in [2.05, 4.69) is 37.2 Å². The molecule has 1 fully saturated rings. The van der Waals surface area contributed by atoms with Crippen molar-refractivity contribution >= 4 is 11.8 Å². The Morgan fingerprint density at radius 2 is 1.58 bits per heavy atom. The number of likely N-dealkylation sites (N-methyl/N-ethyl adjacent to an activating group) is 1. The first-order valence-corrected chi connectivity index (χ1v) is 11.6. The molecule has 0 aliphatic carbocycles. The van der Waals surface area contributed by atoms with E-state index < -0.39 is 18.2 Å². The molecule has 1 saturated heterocycles. The molecule has 0 saturated carbocycles. The van der Waals surface area contributed by atoms with E-state index in [-0.39, 0.29) is 22.8 Å². The predicted octanol–water partition coefficient (Wildman–Crippen LogP) is 2.62. The van der Waals surface area contributed by atoms with Gasteiger partial charge in [-0.15, -0.1) is 0 Å². The first kappa shape index (κ1) is 25.6. The van der Waals surface area contributed by atoms with Crippen LogP contribution in [-0.2, 0) is 20.1 Å². The fraction of sp³-hybridized carbons (Fsp3) is 0.458.